The van der Waals surface area contributed by atoms with Crippen molar-refractivity contribution < 1.29 is 9.18 Å². The van der Waals surface area contributed by atoms with Crippen molar-refractivity contribution in [2.24, 2.45) is 0 Å². The van der Waals surface area contributed by atoms with E-state index in [-0.39, 0.29) is 11.8 Å². The van der Waals surface area contributed by atoms with E-state index in [1.807, 2.05) is 24.3 Å². The monoisotopic (exact) mass is 256 g/mol. The first-order valence-corrected chi connectivity index (χ1v) is 6.09. The average Bonchev–Trinajstić information content (AvgIpc) is 2.35. The van der Waals surface area contributed by atoms with Crippen molar-refractivity contribution in [3.05, 3.63) is 59.4 Å². The molecule has 0 aromatic heterocycles. The highest BCUT2D eigenvalue weighted by molar-refractivity contribution is 5.99. The van der Waals surface area contributed by atoms with Crippen molar-refractivity contribution in [1.29, 1.82) is 0 Å². The average molecular weight is 256 g/mol. The molecule has 1 unspecified atom stereocenters. The molecule has 0 fully saturated rings. The summed E-state index contributed by atoms with van der Waals surface area (Å²) in [7, 11) is 0. The lowest BCUT2D eigenvalue weighted by atomic mass is 9.77. The molecule has 1 aliphatic rings. The Morgan fingerprint density at radius 1 is 1.26 bits per heavy atom. The van der Waals surface area contributed by atoms with Gasteiger partial charge in [0.2, 0.25) is 5.91 Å². The van der Waals surface area contributed by atoms with Gasteiger partial charge in [0.05, 0.1) is 17.3 Å². The summed E-state index contributed by atoms with van der Waals surface area (Å²) in [6, 6.07) is 11.8. The second kappa shape index (κ2) is 4.39. The van der Waals surface area contributed by atoms with Crippen LogP contribution in [0.3, 0.4) is 0 Å². The standard InChI is InChI=1S/C15H13FN2O/c16-10-5-6-13(17)14(8-10)18-15(19)12-7-9-3-1-2-4-11(9)12/h1-6,8,12H,7,17H2,(H,18,19). The molecule has 1 aliphatic carbocycles. The molecule has 0 bridgehead atoms. The lowest BCUT2D eigenvalue weighted by Gasteiger charge is -2.29. The molecule has 4 heteroatoms. The number of carbonyl (C=O) groups is 1. The van der Waals surface area contributed by atoms with Gasteiger partial charge in [-0.05, 0) is 35.7 Å². The summed E-state index contributed by atoms with van der Waals surface area (Å²) < 4.78 is 13.1. The van der Waals surface area contributed by atoms with Crippen molar-refractivity contribution >= 4 is 17.3 Å². The van der Waals surface area contributed by atoms with Gasteiger partial charge in [-0.2, -0.15) is 0 Å². The second-order valence-electron chi connectivity index (χ2n) is 4.68. The fourth-order valence-corrected chi connectivity index (χ4v) is 2.35. The molecular weight excluding hydrogens is 243 g/mol. The van der Waals surface area contributed by atoms with Crippen LogP contribution in [0.2, 0.25) is 0 Å². The zero-order chi connectivity index (χ0) is 13.4. The molecule has 3 nitrogen and oxygen atoms in total. The summed E-state index contributed by atoms with van der Waals surface area (Å²) in [5.41, 5.74) is 8.63. The van der Waals surface area contributed by atoms with Gasteiger partial charge in [0.15, 0.2) is 0 Å². The Kier molecular flexibility index (Phi) is 2.71. The van der Waals surface area contributed by atoms with Crippen molar-refractivity contribution in [3.63, 3.8) is 0 Å². The van der Waals surface area contributed by atoms with Crippen LogP contribution in [-0.4, -0.2) is 5.91 Å². The quantitative estimate of drug-likeness (QED) is 0.812. The first kappa shape index (κ1) is 11.7. The third-order valence-corrected chi connectivity index (χ3v) is 3.44. The predicted octanol–water partition coefficient (Wildman–Crippen LogP) is 2.69. The van der Waals surface area contributed by atoms with E-state index in [2.05, 4.69) is 5.32 Å². The Balaban J connectivity index is 1.79. The van der Waals surface area contributed by atoms with Crippen LogP contribution in [0.25, 0.3) is 0 Å². The number of fused-ring (bicyclic) bond motifs is 1. The van der Waals surface area contributed by atoms with E-state index < -0.39 is 5.82 Å². The van der Waals surface area contributed by atoms with Crippen LogP contribution < -0.4 is 11.1 Å². The summed E-state index contributed by atoms with van der Waals surface area (Å²) in [6.07, 6.45) is 0.719. The van der Waals surface area contributed by atoms with Gasteiger partial charge in [-0.3, -0.25) is 4.79 Å². The first-order chi connectivity index (χ1) is 9.15. The summed E-state index contributed by atoms with van der Waals surface area (Å²) >= 11 is 0. The van der Waals surface area contributed by atoms with Crippen LogP contribution in [0, 0.1) is 5.82 Å². The first-order valence-electron chi connectivity index (χ1n) is 6.09. The second-order valence-corrected chi connectivity index (χ2v) is 4.68. The molecule has 3 rings (SSSR count). The Morgan fingerprint density at radius 3 is 2.84 bits per heavy atom. The maximum absolute atomic E-state index is 13.1. The molecule has 96 valence electrons. The van der Waals surface area contributed by atoms with Crippen LogP contribution in [0.15, 0.2) is 42.5 Å². The minimum atomic E-state index is -0.418. The van der Waals surface area contributed by atoms with Gasteiger partial charge in [-0.25, -0.2) is 4.39 Å². The third kappa shape index (κ3) is 2.05. The number of hydrogen-bond acceptors (Lipinski definition) is 2. The lowest BCUT2D eigenvalue weighted by Crippen LogP contribution is -2.30. The summed E-state index contributed by atoms with van der Waals surface area (Å²) in [5.74, 6) is -0.728. The van der Waals surface area contributed by atoms with Gasteiger partial charge in [0.25, 0.3) is 0 Å². The summed E-state index contributed by atoms with van der Waals surface area (Å²) in [4.78, 5) is 12.1. The topological polar surface area (TPSA) is 55.1 Å². The molecule has 2 aromatic carbocycles. The zero-order valence-electron chi connectivity index (χ0n) is 10.2. The molecule has 2 aromatic rings. The maximum atomic E-state index is 13.1. The Labute approximate surface area is 110 Å². The SMILES string of the molecule is Nc1ccc(F)cc1NC(=O)C1Cc2ccccc21. The van der Waals surface area contributed by atoms with E-state index in [9.17, 15) is 9.18 Å². The molecule has 0 radical (unpaired) electrons. The number of nitrogen functional groups attached to an aromatic ring is 1. The number of hydrogen-bond donors (Lipinski definition) is 2. The number of rotatable bonds is 2. The van der Waals surface area contributed by atoms with Crippen LogP contribution in [0.1, 0.15) is 17.0 Å². The van der Waals surface area contributed by atoms with E-state index in [4.69, 9.17) is 5.73 Å². The van der Waals surface area contributed by atoms with E-state index >= 15 is 0 Å². The smallest absolute Gasteiger partial charge is 0.232 e. The van der Waals surface area contributed by atoms with Gasteiger partial charge in [0, 0.05) is 0 Å². The van der Waals surface area contributed by atoms with Gasteiger partial charge >= 0.3 is 0 Å². The Bertz CT molecular complexity index is 654. The van der Waals surface area contributed by atoms with Crippen molar-refractivity contribution in [1.82, 2.24) is 0 Å². The number of anilines is 2. The normalized spacial score (nSPS) is 16.4. The van der Waals surface area contributed by atoms with Crippen molar-refractivity contribution in [2.75, 3.05) is 11.1 Å². The Morgan fingerprint density at radius 2 is 2.05 bits per heavy atom. The van der Waals surface area contributed by atoms with Crippen molar-refractivity contribution in [2.45, 2.75) is 12.3 Å². The lowest BCUT2D eigenvalue weighted by molar-refractivity contribution is -0.118. The highest BCUT2D eigenvalue weighted by atomic mass is 19.1. The number of halogens is 1. The largest absolute Gasteiger partial charge is 0.397 e. The van der Waals surface area contributed by atoms with Crippen LogP contribution >= 0.6 is 0 Å². The van der Waals surface area contributed by atoms with E-state index in [0.717, 1.165) is 12.0 Å². The highest BCUT2D eigenvalue weighted by Crippen LogP contribution is 2.36. The molecular formula is C15H13FN2O. The fourth-order valence-electron chi connectivity index (χ4n) is 2.35. The third-order valence-electron chi connectivity index (χ3n) is 3.44. The predicted molar refractivity (Wildman–Crippen MR) is 72.3 cm³/mol. The molecule has 0 spiro atoms. The van der Waals surface area contributed by atoms with E-state index in [1.54, 1.807) is 0 Å². The fraction of sp³-hybridized carbons (Fsp3) is 0.133. The molecule has 1 atom stereocenters. The molecule has 3 N–H and O–H groups in total. The zero-order valence-corrected chi connectivity index (χ0v) is 10.2. The maximum Gasteiger partial charge on any atom is 0.232 e. The van der Waals surface area contributed by atoms with Gasteiger partial charge in [-0.15, -0.1) is 0 Å². The van der Waals surface area contributed by atoms with Crippen LogP contribution in [0.4, 0.5) is 15.8 Å². The number of nitrogens with one attached hydrogen (secondary N) is 1. The molecule has 0 heterocycles. The number of benzene rings is 2. The molecule has 0 aliphatic heterocycles. The van der Waals surface area contributed by atoms with E-state index in [0.29, 0.717) is 11.4 Å². The summed E-state index contributed by atoms with van der Waals surface area (Å²) in [6.45, 7) is 0. The number of carbonyl (C=O) groups excluding carboxylic acids is 1. The summed E-state index contributed by atoms with van der Waals surface area (Å²) in [5, 5.41) is 2.69. The molecule has 19 heavy (non-hydrogen) atoms. The van der Waals surface area contributed by atoms with E-state index in [1.165, 1.54) is 23.8 Å². The minimum absolute atomic E-state index is 0.143. The number of amides is 1. The number of nitrogens with two attached hydrogens (primary N) is 1. The minimum Gasteiger partial charge on any atom is -0.397 e. The van der Waals surface area contributed by atoms with Gasteiger partial charge < -0.3 is 11.1 Å². The van der Waals surface area contributed by atoms with Crippen LogP contribution in [-0.2, 0) is 11.2 Å². The van der Waals surface area contributed by atoms with Crippen LogP contribution in [0.5, 0.6) is 0 Å². The molecule has 0 saturated carbocycles. The molecule has 1 amide bonds. The van der Waals surface area contributed by atoms with Gasteiger partial charge in [-0.1, -0.05) is 24.3 Å². The molecule has 0 saturated heterocycles. The Hall–Kier alpha value is -2.36. The highest BCUT2D eigenvalue weighted by Gasteiger charge is 2.31. The van der Waals surface area contributed by atoms with Crippen molar-refractivity contribution in [3.8, 4) is 0 Å². The van der Waals surface area contributed by atoms with Gasteiger partial charge in [0.1, 0.15) is 5.82 Å².